The summed E-state index contributed by atoms with van der Waals surface area (Å²) in [5.41, 5.74) is 1.98. The fourth-order valence-corrected chi connectivity index (χ4v) is 2.92. The molecule has 0 spiro atoms. The van der Waals surface area contributed by atoms with Crippen molar-refractivity contribution in [3.05, 3.63) is 58.8 Å². The first-order chi connectivity index (χ1) is 10.3. The molecule has 6 heteroatoms. The van der Waals surface area contributed by atoms with Gasteiger partial charge in [0.1, 0.15) is 0 Å². The molecule has 3 aromatic rings. The number of aryl methyl sites for hydroxylation is 1. The van der Waals surface area contributed by atoms with E-state index in [0.29, 0.717) is 11.1 Å². The fourth-order valence-electron chi connectivity index (χ4n) is 1.80. The molecule has 0 fully saturated rings. The Hall–Kier alpha value is -1.66. The van der Waals surface area contributed by atoms with Crippen molar-refractivity contribution in [3.63, 3.8) is 0 Å². The highest BCUT2D eigenvalue weighted by Crippen LogP contribution is 2.25. The molecule has 0 saturated heterocycles. The lowest BCUT2D eigenvalue weighted by molar-refractivity contribution is 0.466. The Kier molecular flexibility index (Phi) is 4.67. The molecule has 0 bridgehead atoms. The number of halogens is 1. The van der Waals surface area contributed by atoms with Gasteiger partial charge < -0.3 is 4.42 Å². The summed E-state index contributed by atoms with van der Waals surface area (Å²) in [5, 5.41) is 8.73. The summed E-state index contributed by atoms with van der Waals surface area (Å²) in [5.74, 6) is 1.40. The number of benzene rings is 1. The Morgan fingerprint density at radius 3 is 2.86 bits per heavy atom. The minimum atomic E-state index is 0.539. The Morgan fingerprint density at radius 2 is 2.05 bits per heavy atom. The Labute approximate surface area is 135 Å². The summed E-state index contributed by atoms with van der Waals surface area (Å²) in [6.45, 7) is 0. The number of hydrogen-bond donors (Lipinski definition) is 0. The third-order valence-electron chi connectivity index (χ3n) is 2.79. The predicted octanol–water partition coefficient (Wildman–Crippen LogP) is 4.23. The molecule has 0 saturated carbocycles. The van der Waals surface area contributed by atoms with Crippen molar-refractivity contribution in [2.24, 2.45) is 0 Å². The molecular formula is C15H12BrN3OS. The number of hydrogen-bond acceptors (Lipinski definition) is 5. The van der Waals surface area contributed by atoms with Gasteiger partial charge >= 0.3 is 0 Å². The van der Waals surface area contributed by atoms with Crippen LogP contribution in [0.15, 0.2) is 62.8 Å². The van der Waals surface area contributed by atoms with E-state index in [4.69, 9.17) is 4.42 Å². The second-order valence-electron chi connectivity index (χ2n) is 4.30. The van der Waals surface area contributed by atoms with Crippen molar-refractivity contribution < 1.29 is 4.42 Å². The quantitative estimate of drug-likeness (QED) is 0.636. The van der Waals surface area contributed by atoms with Crippen molar-refractivity contribution in [2.75, 3.05) is 5.75 Å². The van der Waals surface area contributed by atoms with Gasteiger partial charge in [0.05, 0.1) is 0 Å². The van der Waals surface area contributed by atoms with Crippen LogP contribution in [0.3, 0.4) is 0 Å². The summed E-state index contributed by atoms with van der Waals surface area (Å²) >= 11 is 4.97. The van der Waals surface area contributed by atoms with Gasteiger partial charge in [-0.25, -0.2) is 0 Å². The summed E-state index contributed by atoms with van der Waals surface area (Å²) in [4.78, 5) is 4.29. The first-order valence-corrected chi connectivity index (χ1v) is 8.21. The molecular weight excluding hydrogens is 350 g/mol. The summed E-state index contributed by atoms with van der Waals surface area (Å²) in [6.07, 6.45) is 2.68. The second kappa shape index (κ2) is 6.87. The third-order valence-corrected chi connectivity index (χ3v) is 4.10. The van der Waals surface area contributed by atoms with Gasteiger partial charge in [0.2, 0.25) is 5.89 Å². The smallest absolute Gasteiger partial charge is 0.276 e. The maximum absolute atomic E-state index is 5.66. The maximum atomic E-state index is 5.66. The van der Waals surface area contributed by atoms with Crippen LogP contribution in [0.5, 0.6) is 0 Å². The van der Waals surface area contributed by atoms with Crippen LogP contribution in [0.25, 0.3) is 11.5 Å². The zero-order valence-corrected chi connectivity index (χ0v) is 13.5. The molecule has 4 nitrogen and oxygen atoms in total. The molecule has 3 rings (SSSR count). The lowest BCUT2D eigenvalue weighted by Crippen LogP contribution is -1.91. The van der Waals surface area contributed by atoms with Gasteiger partial charge in [-0.1, -0.05) is 39.8 Å². The molecule has 1 aromatic carbocycles. The lowest BCUT2D eigenvalue weighted by Gasteiger charge is -1.97. The summed E-state index contributed by atoms with van der Waals surface area (Å²) in [6, 6.07) is 13.7. The van der Waals surface area contributed by atoms with E-state index in [1.54, 1.807) is 18.0 Å². The average molecular weight is 362 g/mol. The standard InChI is InChI=1S/C15H12BrN3OS/c16-12-5-3-4-11(10-12)14-18-19-15(20-14)21-9-7-13-6-1-2-8-17-13/h1-6,8,10H,7,9H2. The van der Waals surface area contributed by atoms with Crippen molar-refractivity contribution in [1.29, 1.82) is 0 Å². The van der Waals surface area contributed by atoms with Crippen molar-refractivity contribution in [1.82, 2.24) is 15.2 Å². The van der Waals surface area contributed by atoms with Gasteiger partial charge in [-0.15, -0.1) is 10.2 Å². The third kappa shape index (κ3) is 3.92. The first-order valence-electron chi connectivity index (χ1n) is 6.43. The predicted molar refractivity (Wildman–Crippen MR) is 86.1 cm³/mol. The van der Waals surface area contributed by atoms with E-state index in [9.17, 15) is 0 Å². The first kappa shape index (κ1) is 14.3. The molecule has 2 heterocycles. The Morgan fingerprint density at radius 1 is 1.10 bits per heavy atom. The van der Waals surface area contributed by atoms with Crippen LogP contribution < -0.4 is 0 Å². The minimum Gasteiger partial charge on any atom is -0.411 e. The molecule has 0 aliphatic rings. The van der Waals surface area contributed by atoms with Gasteiger partial charge in [-0.2, -0.15) is 0 Å². The Balaban J connectivity index is 1.60. The fraction of sp³-hybridized carbons (Fsp3) is 0.133. The molecule has 0 atom stereocenters. The lowest BCUT2D eigenvalue weighted by atomic mass is 10.2. The van der Waals surface area contributed by atoms with Gasteiger partial charge in [0, 0.05) is 27.7 Å². The molecule has 21 heavy (non-hydrogen) atoms. The normalized spacial score (nSPS) is 10.7. The molecule has 0 amide bonds. The highest BCUT2D eigenvalue weighted by Gasteiger charge is 2.09. The molecule has 0 unspecified atom stereocenters. The molecule has 2 aromatic heterocycles. The van der Waals surface area contributed by atoms with Gasteiger partial charge in [0.15, 0.2) is 0 Å². The molecule has 0 aliphatic heterocycles. The molecule has 106 valence electrons. The van der Waals surface area contributed by atoms with E-state index < -0.39 is 0 Å². The van der Waals surface area contributed by atoms with Gasteiger partial charge in [-0.3, -0.25) is 4.98 Å². The van der Waals surface area contributed by atoms with E-state index in [1.165, 1.54) is 0 Å². The second-order valence-corrected chi connectivity index (χ2v) is 6.26. The topological polar surface area (TPSA) is 51.8 Å². The van der Waals surface area contributed by atoms with Crippen LogP contribution in [-0.4, -0.2) is 20.9 Å². The molecule has 0 aliphatic carbocycles. The zero-order chi connectivity index (χ0) is 14.5. The monoisotopic (exact) mass is 361 g/mol. The zero-order valence-electron chi connectivity index (χ0n) is 11.1. The average Bonchev–Trinajstić information content (AvgIpc) is 2.97. The van der Waals surface area contributed by atoms with E-state index in [0.717, 1.165) is 27.9 Å². The van der Waals surface area contributed by atoms with E-state index in [2.05, 4.69) is 31.1 Å². The van der Waals surface area contributed by atoms with Crippen LogP contribution in [0, 0.1) is 0 Å². The van der Waals surface area contributed by atoms with Crippen molar-refractivity contribution in [3.8, 4) is 11.5 Å². The van der Waals surface area contributed by atoms with Gasteiger partial charge in [-0.05, 0) is 36.8 Å². The van der Waals surface area contributed by atoms with Crippen LogP contribution in [0.4, 0.5) is 0 Å². The largest absolute Gasteiger partial charge is 0.411 e. The van der Waals surface area contributed by atoms with Crippen LogP contribution in [0.1, 0.15) is 5.69 Å². The van der Waals surface area contributed by atoms with E-state index in [1.807, 2.05) is 42.5 Å². The van der Waals surface area contributed by atoms with Crippen LogP contribution in [-0.2, 0) is 6.42 Å². The summed E-state index contributed by atoms with van der Waals surface area (Å²) < 4.78 is 6.65. The minimum absolute atomic E-state index is 0.539. The number of nitrogens with zero attached hydrogens (tertiary/aromatic N) is 3. The molecule has 0 radical (unpaired) electrons. The van der Waals surface area contributed by atoms with Gasteiger partial charge in [0.25, 0.3) is 5.22 Å². The number of rotatable bonds is 5. The highest BCUT2D eigenvalue weighted by atomic mass is 79.9. The van der Waals surface area contributed by atoms with Crippen LogP contribution >= 0.6 is 27.7 Å². The SMILES string of the molecule is Brc1cccc(-c2nnc(SCCc3ccccn3)o2)c1. The van der Waals surface area contributed by atoms with Crippen molar-refractivity contribution in [2.45, 2.75) is 11.6 Å². The molecule has 0 N–H and O–H groups in total. The number of thioether (sulfide) groups is 1. The van der Waals surface area contributed by atoms with Crippen LogP contribution in [0.2, 0.25) is 0 Å². The highest BCUT2D eigenvalue weighted by molar-refractivity contribution is 9.10. The maximum Gasteiger partial charge on any atom is 0.276 e. The number of pyridine rings is 1. The van der Waals surface area contributed by atoms with E-state index >= 15 is 0 Å². The number of aromatic nitrogens is 3. The van der Waals surface area contributed by atoms with Crippen molar-refractivity contribution >= 4 is 27.7 Å². The van der Waals surface area contributed by atoms with E-state index in [-0.39, 0.29) is 0 Å². The Bertz CT molecular complexity index is 718. The summed E-state index contributed by atoms with van der Waals surface area (Å²) in [7, 11) is 0.